The first-order valence-electron chi connectivity index (χ1n) is 5.72. The van der Waals surface area contributed by atoms with Crippen molar-refractivity contribution in [3.05, 3.63) is 29.2 Å². The number of fused-ring (bicyclic) bond motifs is 1. The molecule has 0 aliphatic rings. The number of halogens is 4. The molecule has 1 aromatic heterocycles. The van der Waals surface area contributed by atoms with Gasteiger partial charge in [0.05, 0.1) is 7.11 Å². The highest BCUT2D eigenvalue weighted by molar-refractivity contribution is 5.96. The lowest BCUT2D eigenvalue weighted by Crippen LogP contribution is -2.13. The number of ether oxygens (including phenoxy) is 1. The van der Waals surface area contributed by atoms with Crippen molar-refractivity contribution in [1.29, 1.82) is 0 Å². The van der Waals surface area contributed by atoms with Crippen molar-refractivity contribution >= 4 is 16.6 Å². The number of hydrogen-bond donors (Lipinski definition) is 1. The zero-order valence-corrected chi connectivity index (χ0v) is 11.0. The van der Waals surface area contributed by atoms with Crippen molar-refractivity contribution in [3.8, 4) is 5.75 Å². The van der Waals surface area contributed by atoms with Crippen LogP contribution in [0.1, 0.15) is 11.3 Å². The summed E-state index contributed by atoms with van der Waals surface area (Å²) in [5.41, 5.74) is -0.948. The molecule has 3 nitrogen and oxygen atoms in total. The van der Waals surface area contributed by atoms with Crippen LogP contribution in [0.3, 0.4) is 0 Å². The summed E-state index contributed by atoms with van der Waals surface area (Å²) in [7, 11) is 2.72. The first-order valence-corrected chi connectivity index (χ1v) is 5.72. The third kappa shape index (κ3) is 2.23. The SMILES string of the molecule is CNc1c(C)c(C(F)(F)F)nc2c(OC)cc(F)cc12. The zero-order chi connectivity index (χ0) is 15.1. The van der Waals surface area contributed by atoms with Gasteiger partial charge in [0, 0.05) is 29.8 Å². The lowest BCUT2D eigenvalue weighted by molar-refractivity contribution is -0.141. The minimum absolute atomic E-state index is 0.0313. The van der Waals surface area contributed by atoms with E-state index >= 15 is 0 Å². The van der Waals surface area contributed by atoms with E-state index in [4.69, 9.17) is 4.74 Å². The zero-order valence-electron chi connectivity index (χ0n) is 11.0. The lowest BCUT2D eigenvalue weighted by atomic mass is 10.1. The number of hydrogen-bond acceptors (Lipinski definition) is 3. The molecule has 0 unspecified atom stereocenters. The third-order valence-electron chi connectivity index (χ3n) is 3.00. The van der Waals surface area contributed by atoms with Crippen molar-refractivity contribution in [2.75, 3.05) is 19.5 Å². The summed E-state index contributed by atoms with van der Waals surface area (Å²) in [4.78, 5) is 3.61. The number of aromatic nitrogens is 1. The van der Waals surface area contributed by atoms with Crippen LogP contribution in [0, 0.1) is 12.7 Å². The van der Waals surface area contributed by atoms with E-state index in [2.05, 4.69) is 10.3 Å². The molecule has 0 saturated carbocycles. The molecule has 0 fully saturated rings. The molecule has 0 aliphatic carbocycles. The Labute approximate surface area is 112 Å². The van der Waals surface area contributed by atoms with Gasteiger partial charge in [-0.2, -0.15) is 13.2 Å². The fourth-order valence-corrected chi connectivity index (χ4v) is 2.15. The smallest absolute Gasteiger partial charge is 0.433 e. The van der Waals surface area contributed by atoms with Gasteiger partial charge in [-0.3, -0.25) is 0 Å². The van der Waals surface area contributed by atoms with E-state index in [1.807, 2.05) is 0 Å². The summed E-state index contributed by atoms with van der Waals surface area (Å²) in [6.07, 6.45) is -4.59. The highest BCUT2D eigenvalue weighted by Gasteiger charge is 2.36. The average Bonchev–Trinajstić information content (AvgIpc) is 2.35. The number of alkyl halides is 3. The largest absolute Gasteiger partial charge is 0.494 e. The van der Waals surface area contributed by atoms with Crippen LogP contribution in [0.4, 0.5) is 23.2 Å². The Balaban J connectivity index is 2.95. The summed E-state index contributed by atoms with van der Waals surface area (Å²) in [6, 6.07) is 2.13. The van der Waals surface area contributed by atoms with E-state index in [-0.39, 0.29) is 27.9 Å². The van der Waals surface area contributed by atoms with Crippen molar-refractivity contribution in [2.24, 2.45) is 0 Å². The summed E-state index contributed by atoms with van der Waals surface area (Å²) >= 11 is 0. The lowest BCUT2D eigenvalue weighted by Gasteiger charge is -2.17. The third-order valence-corrected chi connectivity index (χ3v) is 3.00. The molecule has 0 saturated heterocycles. The van der Waals surface area contributed by atoms with Crippen LogP contribution >= 0.6 is 0 Å². The highest BCUT2D eigenvalue weighted by atomic mass is 19.4. The maximum Gasteiger partial charge on any atom is 0.433 e. The fraction of sp³-hybridized carbons (Fsp3) is 0.308. The second-order valence-corrected chi connectivity index (χ2v) is 4.21. The van der Waals surface area contributed by atoms with Crippen molar-refractivity contribution in [1.82, 2.24) is 4.98 Å². The normalized spacial score (nSPS) is 11.8. The van der Waals surface area contributed by atoms with Crippen molar-refractivity contribution < 1.29 is 22.3 Å². The van der Waals surface area contributed by atoms with Crippen LogP contribution in [-0.2, 0) is 6.18 Å². The van der Waals surface area contributed by atoms with Gasteiger partial charge >= 0.3 is 6.18 Å². The minimum Gasteiger partial charge on any atom is -0.494 e. The molecule has 0 aliphatic heterocycles. The summed E-state index contributed by atoms with van der Waals surface area (Å²) in [6.45, 7) is 1.29. The molecule has 0 radical (unpaired) electrons. The van der Waals surface area contributed by atoms with E-state index in [9.17, 15) is 17.6 Å². The van der Waals surface area contributed by atoms with Crippen LogP contribution in [0.25, 0.3) is 10.9 Å². The maximum absolute atomic E-state index is 13.5. The summed E-state index contributed by atoms with van der Waals surface area (Å²) in [5.74, 6) is -0.645. The number of pyridine rings is 1. The van der Waals surface area contributed by atoms with E-state index in [0.29, 0.717) is 0 Å². The topological polar surface area (TPSA) is 34.2 Å². The van der Waals surface area contributed by atoms with Crippen LogP contribution in [-0.4, -0.2) is 19.1 Å². The first kappa shape index (κ1) is 14.4. The average molecular weight is 288 g/mol. The number of rotatable bonds is 2. The second kappa shape index (κ2) is 4.81. The minimum atomic E-state index is -4.59. The standard InChI is InChI=1S/C13H12F4N2O/c1-6-10(18-2)8-4-7(14)5-9(20-3)11(8)19-12(6)13(15,16)17/h4-5H,1-3H3,(H,18,19). The predicted octanol–water partition coefficient (Wildman–Crippen LogP) is 3.75. The van der Waals surface area contributed by atoms with E-state index < -0.39 is 17.7 Å². The molecule has 1 heterocycles. The molecule has 0 atom stereocenters. The molecule has 0 bridgehead atoms. The fourth-order valence-electron chi connectivity index (χ4n) is 2.15. The van der Waals surface area contributed by atoms with E-state index in [1.165, 1.54) is 21.1 Å². The Morgan fingerprint density at radius 2 is 1.90 bits per heavy atom. The molecule has 1 aromatic carbocycles. The maximum atomic E-state index is 13.5. The molecule has 2 rings (SSSR count). The van der Waals surface area contributed by atoms with Gasteiger partial charge in [-0.1, -0.05) is 0 Å². The molecule has 1 N–H and O–H groups in total. The monoisotopic (exact) mass is 288 g/mol. The van der Waals surface area contributed by atoms with Crippen LogP contribution in [0.15, 0.2) is 12.1 Å². The van der Waals surface area contributed by atoms with Gasteiger partial charge in [-0.15, -0.1) is 0 Å². The molecule has 108 valence electrons. The van der Waals surface area contributed by atoms with Gasteiger partial charge in [-0.25, -0.2) is 9.37 Å². The number of benzene rings is 1. The van der Waals surface area contributed by atoms with Crippen LogP contribution in [0.5, 0.6) is 5.75 Å². The van der Waals surface area contributed by atoms with Gasteiger partial charge < -0.3 is 10.1 Å². The molecular weight excluding hydrogens is 276 g/mol. The first-order chi connectivity index (χ1) is 9.29. The summed E-state index contributed by atoms with van der Waals surface area (Å²) < 4.78 is 57.4. The molecular formula is C13H12F4N2O. The number of anilines is 1. The number of nitrogens with zero attached hydrogens (tertiary/aromatic N) is 1. The quantitative estimate of drug-likeness (QED) is 0.855. The molecule has 2 aromatic rings. The number of methoxy groups -OCH3 is 1. The van der Waals surface area contributed by atoms with Crippen molar-refractivity contribution in [2.45, 2.75) is 13.1 Å². The Kier molecular flexibility index (Phi) is 3.45. The number of nitrogens with one attached hydrogen (secondary N) is 1. The van der Waals surface area contributed by atoms with Crippen molar-refractivity contribution in [3.63, 3.8) is 0 Å². The van der Waals surface area contributed by atoms with Crippen LogP contribution in [0.2, 0.25) is 0 Å². The van der Waals surface area contributed by atoms with E-state index in [0.717, 1.165) is 12.1 Å². The Hall–Kier alpha value is -2.05. The van der Waals surface area contributed by atoms with Crippen LogP contribution < -0.4 is 10.1 Å². The van der Waals surface area contributed by atoms with Gasteiger partial charge in [0.2, 0.25) is 0 Å². The molecule has 20 heavy (non-hydrogen) atoms. The molecule has 0 spiro atoms. The molecule has 7 heteroatoms. The van der Waals surface area contributed by atoms with E-state index in [1.54, 1.807) is 0 Å². The molecule has 0 amide bonds. The Bertz CT molecular complexity index is 668. The predicted molar refractivity (Wildman–Crippen MR) is 67.5 cm³/mol. The highest BCUT2D eigenvalue weighted by Crippen LogP contribution is 2.39. The van der Waals surface area contributed by atoms with Gasteiger partial charge in [0.15, 0.2) is 0 Å². The van der Waals surface area contributed by atoms with Gasteiger partial charge in [0.25, 0.3) is 0 Å². The van der Waals surface area contributed by atoms with Gasteiger partial charge in [-0.05, 0) is 13.0 Å². The Morgan fingerprint density at radius 3 is 2.40 bits per heavy atom. The van der Waals surface area contributed by atoms with Gasteiger partial charge in [0.1, 0.15) is 22.8 Å². The Morgan fingerprint density at radius 1 is 1.25 bits per heavy atom. The summed E-state index contributed by atoms with van der Waals surface area (Å²) in [5, 5.41) is 2.91. The second-order valence-electron chi connectivity index (χ2n) is 4.21.